The lowest BCUT2D eigenvalue weighted by molar-refractivity contribution is -0.385. The first-order valence-electron chi connectivity index (χ1n) is 4.95. The smallest absolute Gasteiger partial charge is 0.271 e. The van der Waals surface area contributed by atoms with E-state index in [1.807, 2.05) is 16.8 Å². The molecule has 1 aromatic carbocycles. The minimum Gasteiger partial charge on any atom is -0.506 e. The summed E-state index contributed by atoms with van der Waals surface area (Å²) in [6.45, 7) is 0. The van der Waals surface area contributed by atoms with Crippen molar-refractivity contribution >= 4 is 45.4 Å². The normalized spacial score (nSPS) is 11.7. The maximum absolute atomic E-state index is 10.8. The molecule has 2 rings (SSSR count). The highest BCUT2D eigenvalue weighted by atomic mass is 79.9. The molecule has 1 aromatic heterocycles. The van der Waals surface area contributed by atoms with Gasteiger partial charge in [0.05, 0.1) is 15.4 Å². The predicted octanol–water partition coefficient (Wildman–Crippen LogP) is 3.59. The largest absolute Gasteiger partial charge is 0.506 e. The fraction of sp³-hybridized carbons (Fsp3) is 0.0909. The maximum atomic E-state index is 10.8. The Labute approximate surface area is 127 Å². The van der Waals surface area contributed by atoms with Gasteiger partial charge in [0.15, 0.2) is 0 Å². The molecule has 2 aromatic rings. The Morgan fingerprint density at radius 1 is 1.47 bits per heavy atom. The zero-order chi connectivity index (χ0) is 13.3. The van der Waals surface area contributed by atoms with Gasteiger partial charge >= 0.3 is 0 Å². The van der Waals surface area contributed by atoms with Crippen LogP contribution in [0.4, 0.5) is 5.69 Å². The standard InChI is InChI=1S/C11H9BrN2O3S.ClH/c12-9-4-7(14(16)17)3-8(11(9)15)10(13)6-1-2-18-5-6;/h1-5,10,15H,13H2;1H/t10-;/m0./s1. The molecule has 0 saturated heterocycles. The van der Waals surface area contributed by atoms with Gasteiger partial charge in [-0.1, -0.05) is 0 Å². The van der Waals surface area contributed by atoms with Crippen molar-refractivity contribution in [2.75, 3.05) is 0 Å². The van der Waals surface area contributed by atoms with Crippen LogP contribution in [0, 0.1) is 10.1 Å². The summed E-state index contributed by atoms with van der Waals surface area (Å²) in [6, 6.07) is 3.77. The molecule has 1 atom stereocenters. The number of halogens is 2. The van der Waals surface area contributed by atoms with Gasteiger partial charge < -0.3 is 10.8 Å². The van der Waals surface area contributed by atoms with E-state index in [-0.39, 0.29) is 28.3 Å². The van der Waals surface area contributed by atoms with E-state index in [0.29, 0.717) is 5.56 Å². The van der Waals surface area contributed by atoms with Crippen molar-refractivity contribution in [3.05, 3.63) is 54.7 Å². The molecular formula is C11H10BrClN2O3S. The summed E-state index contributed by atoms with van der Waals surface area (Å²) in [5.74, 6) is -0.0701. The first-order valence-corrected chi connectivity index (χ1v) is 6.68. The third-order valence-electron chi connectivity index (χ3n) is 2.53. The molecule has 1 heterocycles. The van der Waals surface area contributed by atoms with Gasteiger partial charge in [-0.2, -0.15) is 11.3 Å². The summed E-state index contributed by atoms with van der Waals surface area (Å²) < 4.78 is 0.261. The lowest BCUT2D eigenvalue weighted by Gasteiger charge is -2.13. The van der Waals surface area contributed by atoms with Crippen LogP contribution in [0.1, 0.15) is 17.2 Å². The van der Waals surface area contributed by atoms with E-state index in [1.165, 1.54) is 23.5 Å². The predicted molar refractivity (Wildman–Crippen MR) is 80.1 cm³/mol. The zero-order valence-electron chi connectivity index (χ0n) is 9.45. The van der Waals surface area contributed by atoms with Crippen LogP contribution in [-0.2, 0) is 0 Å². The second-order valence-corrected chi connectivity index (χ2v) is 5.29. The van der Waals surface area contributed by atoms with Crippen molar-refractivity contribution in [2.45, 2.75) is 6.04 Å². The van der Waals surface area contributed by atoms with Crippen LogP contribution >= 0.6 is 39.7 Å². The van der Waals surface area contributed by atoms with E-state index in [0.717, 1.165) is 5.56 Å². The quantitative estimate of drug-likeness (QED) is 0.642. The van der Waals surface area contributed by atoms with Gasteiger partial charge in [-0.05, 0) is 38.3 Å². The minimum absolute atomic E-state index is 0. The topological polar surface area (TPSA) is 89.4 Å². The number of nitro benzene ring substituents is 1. The highest BCUT2D eigenvalue weighted by Gasteiger charge is 2.20. The third-order valence-corrected chi connectivity index (χ3v) is 3.83. The molecule has 0 fully saturated rings. The van der Waals surface area contributed by atoms with Crippen LogP contribution in [-0.4, -0.2) is 10.0 Å². The van der Waals surface area contributed by atoms with Gasteiger partial charge in [0, 0.05) is 17.7 Å². The number of benzene rings is 1. The molecule has 0 unspecified atom stereocenters. The summed E-state index contributed by atoms with van der Waals surface area (Å²) in [7, 11) is 0. The zero-order valence-corrected chi connectivity index (χ0v) is 12.7. The summed E-state index contributed by atoms with van der Waals surface area (Å²) in [4.78, 5) is 10.3. The molecule has 5 nitrogen and oxygen atoms in total. The number of nitrogens with zero attached hydrogens (tertiary/aromatic N) is 1. The van der Waals surface area contributed by atoms with Crippen molar-refractivity contribution < 1.29 is 10.0 Å². The molecule has 0 bridgehead atoms. The molecule has 0 saturated carbocycles. The molecular weight excluding hydrogens is 356 g/mol. The van der Waals surface area contributed by atoms with Gasteiger partial charge in [-0.3, -0.25) is 10.1 Å². The van der Waals surface area contributed by atoms with E-state index in [9.17, 15) is 15.2 Å². The molecule has 0 radical (unpaired) electrons. The lowest BCUT2D eigenvalue weighted by atomic mass is 10.0. The number of thiophene rings is 1. The molecule has 0 spiro atoms. The number of phenolic OH excluding ortho intramolecular Hbond substituents is 1. The van der Waals surface area contributed by atoms with Crippen molar-refractivity contribution in [3.8, 4) is 5.75 Å². The fourth-order valence-corrected chi connectivity index (χ4v) is 2.74. The van der Waals surface area contributed by atoms with Crippen LogP contribution in [0.25, 0.3) is 0 Å². The van der Waals surface area contributed by atoms with Crippen LogP contribution in [0.2, 0.25) is 0 Å². The van der Waals surface area contributed by atoms with Gasteiger partial charge in [-0.25, -0.2) is 0 Å². The number of hydrogen-bond acceptors (Lipinski definition) is 5. The number of phenols is 1. The monoisotopic (exact) mass is 364 g/mol. The molecule has 102 valence electrons. The van der Waals surface area contributed by atoms with Crippen molar-refractivity contribution in [3.63, 3.8) is 0 Å². The number of nitrogens with two attached hydrogens (primary N) is 1. The number of aromatic hydroxyl groups is 1. The Bertz CT molecular complexity index is 592. The first kappa shape index (κ1) is 15.9. The maximum Gasteiger partial charge on any atom is 0.271 e. The average Bonchev–Trinajstić information content (AvgIpc) is 2.85. The fourth-order valence-electron chi connectivity index (χ4n) is 1.58. The minimum atomic E-state index is -0.590. The molecule has 3 N–H and O–H groups in total. The number of hydrogen-bond donors (Lipinski definition) is 2. The molecule has 8 heteroatoms. The third kappa shape index (κ3) is 3.24. The molecule has 0 aliphatic rings. The van der Waals surface area contributed by atoms with E-state index in [1.54, 1.807) is 0 Å². The number of non-ortho nitro benzene ring substituents is 1. The van der Waals surface area contributed by atoms with Gasteiger partial charge in [-0.15, -0.1) is 12.4 Å². The van der Waals surface area contributed by atoms with Gasteiger partial charge in [0.25, 0.3) is 5.69 Å². The van der Waals surface area contributed by atoms with Crippen molar-refractivity contribution in [1.29, 1.82) is 0 Å². The van der Waals surface area contributed by atoms with Crippen LogP contribution < -0.4 is 5.73 Å². The summed E-state index contributed by atoms with van der Waals surface area (Å²) in [5.41, 5.74) is 7.03. The van der Waals surface area contributed by atoms with Crippen LogP contribution in [0.3, 0.4) is 0 Å². The van der Waals surface area contributed by atoms with Crippen molar-refractivity contribution in [1.82, 2.24) is 0 Å². The Morgan fingerprint density at radius 3 is 2.68 bits per heavy atom. The lowest BCUT2D eigenvalue weighted by Crippen LogP contribution is -2.11. The van der Waals surface area contributed by atoms with Crippen LogP contribution in [0.5, 0.6) is 5.75 Å². The summed E-state index contributed by atoms with van der Waals surface area (Å²) in [5, 5.41) is 24.4. The highest BCUT2D eigenvalue weighted by Crippen LogP contribution is 2.37. The van der Waals surface area contributed by atoms with E-state index in [4.69, 9.17) is 5.73 Å². The van der Waals surface area contributed by atoms with Gasteiger partial charge in [0.2, 0.25) is 0 Å². The average molecular weight is 366 g/mol. The van der Waals surface area contributed by atoms with Crippen LogP contribution in [0.15, 0.2) is 33.4 Å². The second-order valence-electron chi connectivity index (χ2n) is 3.66. The number of rotatable bonds is 3. The van der Waals surface area contributed by atoms with Gasteiger partial charge in [0.1, 0.15) is 5.75 Å². The Morgan fingerprint density at radius 2 is 2.16 bits per heavy atom. The summed E-state index contributed by atoms with van der Waals surface area (Å²) in [6.07, 6.45) is 0. The SMILES string of the molecule is Cl.N[C@@H](c1ccsc1)c1cc([N+](=O)[O-])cc(Br)c1O. The molecule has 0 aliphatic carbocycles. The Balaban J connectivity index is 0.00000180. The Kier molecular flexibility index (Phi) is 5.30. The highest BCUT2D eigenvalue weighted by molar-refractivity contribution is 9.10. The van der Waals surface area contributed by atoms with E-state index < -0.39 is 11.0 Å². The molecule has 19 heavy (non-hydrogen) atoms. The van der Waals surface area contributed by atoms with Crippen molar-refractivity contribution in [2.24, 2.45) is 5.73 Å². The Hall–Kier alpha value is -1.15. The van der Waals surface area contributed by atoms with E-state index in [2.05, 4.69) is 15.9 Å². The number of nitro groups is 1. The first-order chi connectivity index (χ1) is 8.50. The second kappa shape index (κ2) is 6.33. The van der Waals surface area contributed by atoms with E-state index >= 15 is 0 Å². The summed E-state index contributed by atoms with van der Waals surface area (Å²) >= 11 is 4.57. The molecule has 0 aliphatic heterocycles. The molecule has 0 amide bonds.